The number of hydrogen-bond donors (Lipinski definition) is 1. The first-order valence-corrected chi connectivity index (χ1v) is 4.78. The van der Waals surface area contributed by atoms with E-state index >= 15 is 0 Å². The molecule has 16 heavy (non-hydrogen) atoms. The number of para-hydroxylation sites is 1. The van der Waals surface area contributed by atoms with E-state index in [2.05, 4.69) is 12.2 Å². The van der Waals surface area contributed by atoms with Crippen LogP contribution in [-0.2, 0) is 12.6 Å². The Labute approximate surface area is 96.2 Å². The maximum Gasteiger partial charge on any atom is 0.419 e. The van der Waals surface area contributed by atoms with Crippen molar-refractivity contribution in [1.82, 2.24) is 0 Å². The zero-order valence-corrected chi connectivity index (χ0v) is 9.28. The topological polar surface area (TPSA) is 35.2 Å². The average molecular weight is 249 g/mol. The van der Waals surface area contributed by atoms with Crippen molar-refractivity contribution in [3.8, 4) is 5.75 Å². The zero-order chi connectivity index (χ0) is 12.3. The lowest BCUT2D eigenvalue weighted by molar-refractivity contribution is -0.138. The van der Waals surface area contributed by atoms with Crippen molar-refractivity contribution in [2.75, 3.05) is 7.11 Å². The first kappa shape index (κ1) is 12.8. The normalized spacial score (nSPS) is 11.2. The monoisotopic (exact) mass is 249 g/mol. The van der Waals surface area contributed by atoms with Crippen molar-refractivity contribution in [2.24, 2.45) is 5.73 Å². The highest BCUT2D eigenvalue weighted by Gasteiger charge is 2.35. The predicted octanol–water partition coefficient (Wildman–Crippen LogP) is 2.54. The number of nitrogens with two attached hydrogens (primary N) is 1. The Morgan fingerprint density at radius 1 is 1.44 bits per heavy atom. The molecule has 0 aliphatic carbocycles. The second-order valence-electron chi connectivity index (χ2n) is 3.14. The molecule has 0 spiro atoms. The van der Waals surface area contributed by atoms with Gasteiger partial charge in [0.15, 0.2) is 0 Å². The Hall–Kier alpha value is -1.30. The van der Waals surface area contributed by atoms with Crippen LogP contribution in [0, 0.1) is 0 Å². The molecule has 0 heterocycles. The molecule has 0 atom stereocenters. The van der Waals surface area contributed by atoms with E-state index in [-0.39, 0.29) is 17.2 Å². The number of methoxy groups -OCH3 is 1. The molecule has 0 bridgehead atoms. The third-order valence-corrected chi connectivity index (χ3v) is 2.12. The molecule has 0 aliphatic rings. The number of ether oxygens (including phenoxy) is 1. The molecular formula is C10H10F3NOS. The quantitative estimate of drug-likeness (QED) is 0.836. The molecule has 1 aromatic carbocycles. The Kier molecular flexibility index (Phi) is 3.74. The minimum absolute atomic E-state index is 0.0857. The number of alkyl halides is 3. The molecule has 0 radical (unpaired) electrons. The van der Waals surface area contributed by atoms with Crippen LogP contribution in [0.5, 0.6) is 5.75 Å². The molecule has 0 aromatic heterocycles. The van der Waals surface area contributed by atoms with Crippen molar-refractivity contribution >= 4 is 17.2 Å². The van der Waals surface area contributed by atoms with Crippen LogP contribution in [0.1, 0.15) is 11.1 Å². The first-order chi connectivity index (χ1) is 7.36. The Morgan fingerprint density at radius 3 is 2.50 bits per heavy atom. The van der Waals surface area contributed by atoms with E-state index in [1.807, 2.05) is 0 Å². The van der Waals surface area contributed by atoms with Crippen LogP contribution in [-0.4, -0.2) is 12.1 Å². The summed E-state index contributed by atoms with van der Waals surface area (Å²) >= 11 is 4.66. The summed E-state index contributed by atoms with van der Waals surface area (Å²) in [5, 5.41) is 0. The average Bonchev–Trinajstić information content (AvgIpc) is 2.15. The maximum absolute atomic E-state index is 12.6. The summed E-state index contributed by atoms with van der Waals surface area (Å²) in [5.41, 5.74) is 4.82. The summed E-state index contributed by atoms with van der Waals surface area (Å²) < 4.78 is 42.6. The molecule has 0 fully saturated rings. The fourth-order valence-corrected chi connectivity index (χ4v) is 1.53. The summed E-state index contributed by atoms with van der Waals surface area (Å²) in [6.45, 7) is 0. The third-order valence-electron chi connectivity index (χ3n) is 1.97. The molecule has 2 nitrogen and oxygen atoms in total. The second kappa shape index (κ2) is 4.69. The van der Waals surface area contributed by atoms with E-state index in [0.717, 1.165) is 6.07 Å². The number of rotatable bonds is 3. The van der Waals surface area contributed by atoms with Gasteiger partial charge in [0, 0.05) is 12.0 Å². The van der Waals surface area contributed by atoms with Gasteiger partial charge in [0.05, 0.1) is 17.7 Å². The molecule has 0 amide bonds. The number of hydrogen-bond acceptors (Lipinski definition) is 2. The van der Waals surface area contributed by atoms with Crippen molar-refractivity contribution in [3.05, 3.63) is 29.3 Å². The van der Waals surface area contributed by atoms with Crippen molar-refractivity contribution in [1.29, 1.82) is 0 Å². The van der Waals surface area contributed by atoms with Crippen LogP contribution in [0.4, 0.5) is 13.2 Å². The van der Waals surface area contributed by atoms with Gasteiger partial charge >= 0.3 is 6.18 Å². The van der Waals surface area contributed by atoms with E-state index in [1.54, 1.807) is 0 Å². The lowest BCUT2D eigenvalue weighted by atomic mass is 10.1. The van der Waals surface area contributed by atoms with Gasteiger partial charge in [0.25, 0.3) is 0 Å². The van der Waals surface area contributed by atoms with Crippen molar-refractivity contribution < 1.29 is 17.9 Å². The second-order valence-corrected chi connectivity index (χ2v) is 3.66. The Morgan fingerprint density at radius 2 is 2.06 bits per heavy atom. The number of thiocarbonyl (C=S) groups is 1. The summed E-state index contributed by atoms with van der Waals surface area (Å²) in [4.78, 5) is 0.123. The predicted molar refractivity (Wildman–Crippen MR) is 58.5 cm³/mol. The number of halogens is 3. The summed E-state index contributed by atoms with van der Waals surface area (Å²) in [6, 6.07) is 3.77. The van der Waals surface area contributed by atoms with Crippen LogP contribution in [0.15, 0.2) is 18.2 Å². The van der Waals surface area contributed by atoms with Gasteiger partial charge in [-0.15, -0.1) is 0 Å². The van der Waals surface area contributed by atoms with Crippen LogP contribution < -0.4 is 10.5 Å². The minimum Gasteiger partial charge on any atom is -0.496 e. The van der Waals surface area contributed by atoms with Gasteiger partial charge in [0.1, 0.15) is 5.75 Å². The Bertz CT molecular complexity index is 404. The van der Waals surface area contributed by atoms with Gasteiger partial charge < -0.3 is 10.5 Å². The highest BCUT2D eigenvalue weighted by molar-refractivity contribution is 7.80. The summed E-state index contributed by atoms with van der Waals surface area (Å²) in [6.07, 6.45) is -4.36. The van der Waals surface area contributed by atoms with Crippen molar-refractivity contribution in [3.63, 3.8) is 0 Å². The van der Waals surface area contributed by atoms with E-state index < -0.39 is 11.7 Å². The van der Waals surface area contributed by atoms with Gasteiger partial charge in [0.2, 0.25) is 0 Å². The highest BCUT2D eigenvalue weighted by Crippen LogP contribution is 2.38. The van der Waals surface area contributed by atoms with Gasteiger partial charge in [-0.2, -0.15) is 13.2 Å². The van der Waals surface area contributed by atoms with Crippen molar-refractivity contribution in [2.45, 2.75) is 12.6 Å². The minimum atomic E-state index is -4.45. The summed E-state index contributed by atoms with van der Waals surface area (Å²) in [7, 11) is 1.19. The molecule has 1 aromatic rings. The van der Waals surface area contributed by atoms with Gasteiger partial charge in [-0.1, -0.05) is 24.4 Å². The summed E-state index contributed by atoms with van der Waals surface area (Å²) in [5.74, 6) is -0.220. The lowest BCUT2D eigenvalue weighted by Crippen LogP contribution is -2.14. The molecule has 6 heteroatoms. The molecule has 88 valence electrons. The van der Waals surface area contributed by atoms with Crippen LogP contribution in [0.3, 0.4) is 0 Å². The number of benzene rings is 1. The van der Waals surface area contributed by atoms with Crippen LogP contribution in [0.2, 0.25) is 0 Å². The first-order valence-electron chi connectivity index (χ1n) is 4.37. The van der Waals surface area contributed by atoms with Gasteiger partial charge in [-0.05, 0) is 6.07 Å². The molecule has 0 unspecified atom stereocenters. The molecule has 0 saturated heterocycles. The largest absolute Gasteiger partial charge is 0.496 e. The van der Waals surface area contributed by atoms with Crippen LogP contribution >= 0.6 is 12.2 Å². The van der Waals surface area contributed by atoms with Gasteiger partial charge in [-0.25, -0.2) is 0 Å². The molecule has 2 N–H and O–H groups in total. The molecular weight excluding hydrogens is 239 g/mol. The molecule has 0 saturated carbocycles. The van der Waals surface area contributed by atoms with E-state index in [4.69, 9.17) is 10.5 Å². The van der Waals surface area contributed by atoms with E-state index in [9.17, 15) is 13.2 Å². The smallest absolute Gasteiger partial charge is 0.419 e. The fourth-order valence-electron chi connectivity index (χ4n) is 1.38. The highest BCUT2D eigenvalue weighted by atomic mass is 32.1. The fraction of sp³-hybridized carbons (Fsp3) is 0.300. The SMILES string of the molecule is COc1c(CC(N)=S)cccc1C(F)(F)F. The van der Waals surface area contributed by atoms with E-state index in [1.165, 1.54) is 19.2 Å². The maximum atomic E-state index is 12.6. The van der Waals surface area contributed by atoms with E-state index in [0.29, 0.717) is 5.56 Å². The molecule has 1 rings (SSSR count). The Balaban J connectivity index is 3.26. The standard InChI is InChI=1S/C10H10F3NOS/c1-15-9-6(5-8(14)16)3-2-4-7(9)10(11,12)13/h2-4H,5H2,1H3,(H2,14,16). The lowest BCUT2D eigenvalue weighted by Gasteiger charge is -2.15. The zero-order valence-electron chi connectivity index (χ0n) is 8.47. The third kappa shape index (κ3) is 2.85. The van der Waals surface area contributed by atoms with Gasteiger partial charge in [-0.3, -0.25) is 0 Å². The van der Waals surface area contributed by atoms with Crippen LogP contribution in [0.25, 0.3) is 0 Å². The molecule has 0 aliphatic heterocycles.